The molecule has 11 aromatic carbocycles. The van der Waals surface area contributed by atoms with E-state index >= 15 is 0 Å². The molecule has 20 rings (SSSR count). The highest BCUT2D eigenvalue weighted by molar-refractivity contribution is 5.84. The van der Waals surface area contributed by atoms with E-state index in [9.17, 15) is 0 Å². The quantitative estimate of drug-likeness (QED) is 0.0425. The summed E-state index contributed by atoms with van der Waals surface area (Å²) < 4.78 is 24.3. The number of morpholine rings is 2. The fourth-order valence-corrected chi connectivity index (χ4v) is 23.3. The van der Waals surface area contributed by atoms with Crippen molar-refractivity contribution < 1.29 is 36.9 Å². The molecular formula is C130H156N12O2+6. The number of likely N-dealkylation sites (N-methyl/N-ethyl adjacent to an activating group) is 6. The summed E-state index contributed by atoms with van der Waals surface area (Å²) in [5.74, 6) is 0. The Morgan fingerprint density at radius 3 is 0.743 bits per heavy atom. The average Bonchev–Trinajstić information content (AvgIpc) is 1.57. The second kappa shape index (κ2) is 47.5. The lowest BCUT2D eigenvalue weighted by Crippen LogP contribution is -2.35. The van der Waals surface area contributed by atoms with Crippen LogP contribution >= 0.6 is 0 Å². The van der Waals surface area contributed by atoms with Gasteiger partial charge < -0.3 is 38.9 Å². The number of anilines is 6. The Kier molecular flexibility index (Phi) is 34.5. The van der Waals surface area contributed by atoms with Crippen LogP contribution in [0.2, 0.25) is 0 Å². The fraction of sp³-hybridized carbons (Fsp3) is 0.323. The maximum absolute atomic E-state index is 5.47. The second-order valence-electron chi connectivity index (χ2n) is 41.6. The first-order valence-electron chi connectivity index (χ1n) is 51.8. The van der Waals surface area contributed by atoms with Crippen LogP contribution in [0.1, 0.15) is 121 Å². The summed E-state index contributed by atoms with van der Waals surface area (Å²) in [6.45, 7) is 29.2. The summed E-state index contributed by atoms with van der Waals surface area (Å²) in [6.07, 6.45) is 40.4. The van der Waals surface area contributed by atoms with Crippen LogP contribution < -0.4 is 29.4 Å². The lowest BCUT2D eigenvalue weighted by atomic mass is 9.70. The third kappa shape index (κ3) is 23.3. The number of hydrogen-bond acceptors (Lipinski definition) is 8. The van der Waals surface area contributed by atoms with Gasteiger partial charge in [-0.2, -0.15) is 0 Å². The topological polar surface area (TPSA) is 56.0 Å². The molecule has 14 heteroatoms. The third-order valence-corrected chi connectivity index (χ3v) is 30.7. The minimum atomic E-state index is -0.111. The molecule has 0 N–H and O–H groups in total. The molecule has 0 spiro atoms. The summed E-state index contributed by atoms with van der Waals surface area (Å²) in [6, 6.07) is 107. The van der Waals surface area contributed by atoms with Crippen LogP contribution in [-0.2, 0) is 74.1 Å². The number of hydrogen-bond donors (Lipinski definition) is 0. The predicted octanol–water partition coefficient (Wildman–Crippen LogP) is 23.1. The number of para-hydroxylation sites is 6. The van der Waals surface area contributed by atoms with Gasteiger partial charge in [-0.25, -0.2) is 27.5 Å². The van der Waals surface area contributed by atoms with Gasteiger partial charge in [0.05, 0.1) is 0 Å². The molecule has 742 valence electrons. The summed E-state index contributed by atoms with van der Waals surface area (Å²) in [5.41, 5.74) is 31.1. The van der Waals surface area contributed by atoms with E-state index < -0.39 is 0 Å². The van der Waals surface area contributed by atoms with Gasteiger partial charge in [0, 0.05) is 192 Å². The molecule has 9 aliphatic rings. The number of benzene rings is 11. The van der Waals surface area contributed by atoms with Gasteiger partial charge in [0.2, 0.25) is 0 Å². The summed E-state index contributed by atoms with van der Waals surface area (Å²) in [5, 5.41) is 0. The second-order valence-corrected chi connectivity index (χ2v) is 41.6. The van der Waals surface area contributed by atoms with E-state index in [0.717, 1.165) is 97.6 Å². The van der Waals surface area contributed by atoms with Crippen molar-refractivity contribution in [1.82, 2.24) is 0 Å². The minimum Gasteiger partial charge on any atom is -0.368 e. The lowest BCUT2D eigenvalue weighted by Gasteiger charge is -2.33. The van der Waals surface area contributed by atoms with Gasteiger partial charge in [0.15, 0.2) is 63.5 Å². The van der Waals surface area contributed by atoms with Gasteiger partial charge in [0.25, 0.3) is 0 Å². The van der Waals surface area contributed by atoms with E-state index in [-0.39, 0.29) is 32.5 Å². The number of fused-ring (bicyclic) bond motifs is 6. The van der Waals surface area contributed by atoms with Crippen molar-refractivity contribution in [3.05, 3.63) is 454 Å². The average molecular weight is 1920 g/mol. The van der Waals surface area contributed by atoms with Crippen LogP contribution in [-0.4, -0.2) is 215 Å². The summed E-state index contributed by atoms with van der Waals surface area (Å²) >= 11 is 0. The Morgan fingerprint density at radius 1 is 0.257 bits per heavy atom. The Morgan fingerprint density at radius 2 is 0.465 bits per heavy atom. The smallest absolute Gasteiger partial charge is 0.166 e. The van der Waals surface area contributed by atoms with Crippen molar-refractivity contribution in [3.63, 3.8) is 0 Å². The zero-order chi connectivity index (χ0) is 102. The van der Waals surface area contributed by atoms with Gasteiger partial charge >= 0.3 is 0 Å². The highest BCUT2D eigenvalue weighted by atomic mass is 16.5. The summed E-state index contributed by atoms with van der Waals surface area (Å²) in [4.78, 5) is 14.0. The SMILES string of the molecule is C=CCC1(C)C(=CC=[N+](C)C)N(C)c2ccccc21.C=CCC1(C)C(=CC=[N+]2CCOCC2)N(C)c2ccccc21.CN1C(=CC=[N+](C)C)C(C)(Cc2ccccc2)c2ccccc21.CN1C(=CC=[N+](C)C)C(Cc2ccccc2)(Cc2ccccc2)c2ccccc21.CN1C(=CC=[N+]2CCCC2)C(C)(Cc2ccccc2)c2ccccc21.CN1C(=CC=[N+]2CCOCC2)C(C)(Cc2ccccc2)c2ccccc21. The van der Waals surface area contributed by atoms with Crippen molar-refractivity contribution in [3.8, 4) is 0 Å². The Labute approximate surface area is 861 Å². The zero-order valence-corrected chi connectivity index (χ0v) is 88.9. The molecule has 0 saturated carbocycles. The normalized spacial score (nSPS) is 22.2. The minimum absolute atomic E-state index is 0.00290. The standard InChI is InChI=1S/C27H29N2.C23H27N2O.C23H27N2.C21H25N2.C19H25N2O.C17H23N2/c1-28(2)19-18-26-27(20-22-12-6-4-7-13-22,21-23-14-8-5-9-15-23)24-16-10-11-17-25(24)29(26)3;1-23(18-19-8-4-3-5-9-19)20-10-6-7-11-21(20)24(2)22(23)12-13-25-14-16-26-17-15-25;1-23(18-19-10-4-3-5-11-19)20-12-6-7-13-21(20)24(2)22(23)14-17-25-15-8-9-16-25;1-21(16-17-10-6-5-7-11-17)18-12-8-9-13-19(18)23(4)20(21)14-15-22(2)3;1-4-10-19(2)16-7-5-6-8-17(16)20(3)18(19)9-11-21-12-14-22-15-13-21;1-6-12-17(2)14-9-7-8-10-15(14)19(5)16(17)11-13-18(3)4/h4-19H,20-21H2,1-3H3;3-13H,14-18H2,1-2H3;3-7,10-14,17H,8-9,15-16,18H2,1-2H3;5-15H,16H2,1-4H3;4-9,11H,1,10,12-15H2,2-3H3;6-11,13H,1,12H2,2-5H3/q6*+1. The van der Waals surface area contributed by atoms with E-state index in [1.54, 1.807) is 0 Å². The molecule has 3 saturated heterocycles. The van der Waals surface area contributed by atoms with Crippen LogP contribution in [0.5, 0.6) is 0 Å². The molecule has 5 unspecified atom stereocenters. The number of nitrogens with zero attached hydrogens (tertiary/aromatic N) is 12. The molecule has 5 atom stereocenters. The van der Waals surface area contributed by atoms with E-state index in [0.29, 0.717) is 0 Å². The van der Waals surface area contributed by atoms with Crippen LogP contribution in [0, 0.1) is 0 Å². The van der Waals surface area contributed by atoms with Crippen molar-refractivity contribution in [1.29, 1.82) is 0 Å². The Hall–Kier alpha value is -13.9. The van der Waals surface area contributed by atoms with Crippen LogP contribution in [0.4, 0.5) is 34.1 Å². The summed E-state index contributed by atoms with van der Waals surface area (Å²) in [7, 11) is 25.4. The molecule has 0 aliphatic carbocycles. The maximum atomic E-state index is 5.47. The third-order valence-electron chi connectivity index (χ3n) is 30.7. The van der Waals surface area contributed by atoms with Gasteiger partial charge in [0.1, 0.15) is 81.8 Å². The monoisotopic (exact) mass is 1920 g/mol. The van der Waals surface area contributed by atoms with Crippen molar-refractivity contribution in [2.45, 2.75) is 125 Å². The molecule has 144 heavy (non-hydrogen) atoms. The Bertz CT molecular complexity index is 6620. The highest BCUT2D eigenvalue weighted by Gasteiger charge is 2.49. The molecule has 0 aromatic heterocycles. The molecule has 0 bridgehead atoms. The first-order valence-corrected chi connectivity index (χ1v) is 51.8. The predicted molar refractivity (Wildman–Crippen MR) is 610 cm³/mol. The fourth-order valence-electron chi connectivity index (χ4n) is 23.3. The molecule has 3 fully saturated rings. The first-order chi connectivity index (χ1) is 69.7. The highest BCUT2D eigenvalue weighted by Crippen LogP contribution is 2.56. The lowest BCUT2D eigenvalue weighted by molar-refractivity contribution is -0.544. The largest absolute Gasteiger partial charge is 0.368 e. The molecule has 9 aliphatic heterocycles. The van der Waals surface area contributed by atoms with E-state index in [2.05, 4.69) is 546 Å². The van der Waals surface area contributed by atoms with Crippen LogP contribution in [0.25, 0.3) is 0 Å². The van der Waals surface area contributed by atoms with E-state index in [4.69, 9.17) is 9.47 Å². The van der Waals surface area contributed by atoms with Gasteiger partial charge in [-0.3, -0.25) is 0 Å². The number of ether oxygens (including phenoxy) is 2. The van der Waals surface area contributed by atoms with Gasteiger partial charge in [-0.15, -0.1) is 13.2 Å². The van der Waals surface area contributed by atoms with Gasteiger partial charge in [-0.05, 0) is 177 Å². The maximum Gasteiger partial charge on any atom is 0.166 e. The van der Waals surface area contributed by atoms with E-state index in [1.165, 1.54) is 155 Å². The molecule has 9 heterocycles. The first kappa shape index (κ1) is 104. The molecule has 11 aromatic rings. The molecule has 0 amide bonds. The van der Waals surface area contributed by atoms with Crippen LogP contribution in [0.15, 0.2) is 393 Å². The number of rotatable bonds is 20. The molecule has 0 radical (unpaired) electrons. The van der Waals surface area contributed by atoms with Crippen molar-refractivity contribution in [2.24, 2.45) is 0 Å². The molecular weight excluding hydrogens is 1760 g/mol. The van der Waals surface area contributed by atoms with Crippen molar-refractivity contribution >= 4 is 71.4 Å². The van der Waals surface area contributed by atoms with Crippen LogP contribution in [0.3, 0.4) is 0 Å². The van der Waals surface area contributed by atoms with Crippen molar-refractivity contribution in [2.75, 3.05) is 180 Å². The Balaban J connectivity index is 0.000000131. The zero-order valence-electron chi connectivity index (χ0n) is 88.9. The van der Waals surface area contributed by atoms with E-state index in [1.807, 2.05) is 26.2 Å². The van der Waals surface area contributed by atoms with Gasteiger partial charge in [-0.1, -0.05) is 273 Å². The molecule has 14 nitrogen and oxygen atoms in total. The number of allylic oxidation sites excluding steroid dienone is 14.